The van der Waals surface area contributed by atoms with Crippen molar-refractivity contribution in [2.45, 2.75) is 6.92 Å². The standard InChI is InChI=1S/C13H10FNO2/c1-9-6-10(8-16)13(17)15(7-9)12-4-2-11(14)3-5-12/h2-8H,1H3. The molecule has 0 fully saturated rings. The van der Waals surface area contributed by atoms with Gasteiger partial charge in [-0.2, -0.15) is 0 Å². The summed E-state index contributed by atoms with van der Waals surface area (Å²) >= 11 is 0. The maximum atomic E-state index is 12.8. The second-order valence-corrected chi connectivity index (χ2v) is 3.74. The predicted octanol–water partition coefficient (Wildman–Crippen LogP) is 2.10. The van der Waals surface area contributed by atoms with Gasteiger partial charge in [0.15, 0.2) is 6.29 Å². The molecular weight excluding hydrogens is 221 g/mol. The highest BCUT2D eigenvalue weighted by Gasteiger charge is 2.06. The highest BCUT2D eigenvalue weighted by molar-refractivity contribution is 5.74. The van der Waals surface area contributed by atoms with Crippen LogP contribution in [-0.4, -0.2) is 10.9 Å². The second kappa shape index (κ2) is 4.33. The van der Waals surface area contributed by atoms with Gasteiger partial charge in [-0.1, -0.05) is 0 Å². The first kappa shape index (κ1) is 11.3. The number of halogens is 1. The van der Waals surface area contributed by atoms with Gasteiger partial charge in [-0.25, -0.2) is 4.39 Å². The van der Waals surface area contributed by atoms with Crippen molar-refractivity contribution in [2.24, 2.45) is 0 Å². The lowest BCUT2D eigenvalue weighted by Gasteiger charge is -2.07. The van der Waals surface area contributed by atoms with E-state index >= 15 is 0 Å². The normalized spacial score (nSPS) is 10.2. The number of pyridine rings is 1. The van der Waals surface area contributed by atoms with Crippen LogP contribution in [-0.2, 0) is 0 Å². The van der Waals surface area contributed by atoms with E-state index in [0.29, 0.717) is 12.0 Å². The lowest BCUT2D eigenvalue weighted by atomic mass is 10.2. The van der Waals surface area contributed by atoms with E-state index in [1.807, 2.05) is 0 Å². The summed E-state index contributed by atoms with van der Waals surface area (Å²) in [5, 5.41) is 0. The van der Waals surface area contributed by atoms with Gasteiger partial charge in [-0.15, -0.1) is 0 Å². The molecule has 0 bridgehead atoms. The number of aldehydes is 1. The van der Waals surface area contributed by atoms with Crippen molar-refractivity contribution in [3.8, 4) is 5.69 Å². The third-order valence-corrected chi connectivity index (χ3v) is 2.41. The third-order valence-electron chi connectivity index (χ3n) is 2.41. The molecule has 0 radical (unpaired) electrons. The maximum Gasteiger partial charge on any atom is 0.265 e. The third kappa shape index (κ3) is 2.15. The highest BCUT2D eigenvalue weighted by atomic mass is 19.1. The summed E-state index contributed by atoms with van der Waals surface area (Å²) in [6, 6.07) is 7.04. The van der Waals surface area contributed by atoms with Crippen molar-refractivity contribution in [1.82, 2.24) is 4.57 Å². The van der Waals surface area contributed by atoms with Crippen LogP contribution in [0.5, 0.6) is 0 Å². The summed E-state index contributed by atoms with van der Waals surface area (Å²) in [4.78, 5) is 22.6. The fourth-order valence-corrected chi connectivity index (χ4v) is 1.62. The summed E-state index contributed by atoms with van der Waals surface area (Å²) in [6.07, 6.45) is 2.14. The summed E-state index contributed by atoms with van der Waals surface area (Å²) in [6.45, 7) is 1.78. The Bertz CT molecular complexity index is 614. The molecule has 1 aromatic carbocycles. The SMILES string of the molecule is Cc1cc(C=O)c(=O)n(-c2ccc(F)cc2)c1. The summed E-state index contributed by atoms with van der Waals surface area (Å²) in [5.41, 5.74) is 1.01. The highest BCUT2D eigenvalue weighted by Crippen LogP contribution is 2.08. The Morgan fingerprint density at radius 2 is 1.88 bits per heavy atom. The molecule has 1 aromatic heterocycles. The molecule has 0 N–H and O–H groups in total. The van der Waals surface area contributed by atoms with Crippen LogP contribution in [0, 0.1) is 12.7 Å². The van der Waals surface area contributed by atoms with E-state index < -0.39 is 5.56 Å². The molecule has 0 amide bonds. The zero-order chi connectivity index (χ0) is 12.4. The van der Waals surface area contributed by atoms with Gasteiger partial charge in [0, 0.05) is 11.9 Å². The number of aromatic nitrogens is 1. The molecule has 86 valence electrons. The second-order valence-electron chi connectivity index (χ2n) is 3.74. The summed E-state index contributed by atoms with van der Waals surface area (Å²) in [5.74, 6) is -0.370. The maximum absolute atomic E-state index is 12.8. The Kier molecular flexibility index (Phi) is 2.87. The molecule has 0 atom stereocenters. The number of rotatable bonds is 2. The minimum absolute atomic E-state index is 0.0920. The van der Waals surface area contributed by atoms with Crippen LogP contribution >= 0.6 is 0 Å². The van der Waals surface area contributed by atoms with Gasteiger partial charge >= 0.3 is 0 Å². The molecule has 0 saturated heterocycles. The minimum atomic E-state index is -0.405. The van der Waals surface area contributed by atoms with Crippen molar-refractivity contribution in [3.63, 3.8) is 0 Å². The molecule has 0 saturated carbocycles. The Morgan fingerprint density at radius 3 is 2.47 bits per heavy atom. The number of carbonyl (C=O) groups is 1. The van der Waals surface area contributed by atoms with Gasteiger partial charge in [0.25, 0.3) is 5.56 Å². The van der Waals surface area contributed by atoms with Crippen LogP contribution in [0.25, 0.3) is 5.69 Å². The van der Waals surface area contributed by atoms with Crippen molar-refractivity contribution in [1.29, 1.82) is 0 Å². The van der Waals surface area contributed by atoms with Crippen LogP contribution in [0.4, 0.5) is 4.39 Å². The number of aryl methyl sites for hydroxylation is 1. The van der Waals surface area contributed by atoms with E-state index in [9.17, 15) is 14.0 Å². The van der Waals surface area contributed by atoms with Gasteiger partial charge in [0.05, 0.1) is 5.56 Å². The summed E-state index contributed by atoms with van der Waals surface area (Å²) < 4.78 is 14.1. The zero-order valence-electron chi connectivity index (χ0n) is 9.18. The van der Waals surface area contributed by atoms with Crippen LogP contribution < -0.4 is 5.56 Å². The molecule has 0 unspecified atom stereocenters. The van der Waals surface area contributed by atoms with E-state index in [-0.39, 0.29) is 11.4 Å². The number of nitrogens with zero attached hydrogens (tertiary/aromatic N) is 1. The summed E-state index contributed by atoms with van der Waals surface area (Å²) in [7, 11) is 0. The van der Waals surface area contributed by atoms with E-state index in [2.05, 4.69) is 0 Å². The smallest absolute Gasteiger partial charge is 0.265 e. The van der Waals surface area contributed by atoms with E-state index in [1.165, 1.54) is 34.9 Å². The molecule has 3 nitrogen and oxygen atoms in total. The van der Waals surface area contributed by atoms with Gasteiger partial charge in [-0.3, -0.25) is 14.2 Å². The van der Waals surface area contributed by atoms with E-state index in [0.717, 1.165) is 5.56 Å². The average Bonchev–Trinajstić information content (AvgIpc) is 2.33. The Hall–Kier alpha value is -2.23. The lowest BCUT2D eigenvalue weighted by Crippen LogP contribution is -2.21. The number of hydrogen-bond donors (Lipinski definition) is 0. The van der Waals surface area contributed by atoms with Crippen molar-refractivity contribution >= 4 is 6.29 Å². The van der Waals surface area contributed by atoms with Crippen LogP contribution in [0.3, 0.4) is 0 Å². The quantitative estimate of drug-likeness (QED) is 0.742. The van der Waals surface area contributed by atoms with Crippen molar-refractivity contribution in [3.05, 3.63) is 63.8 Å². The molecule has 2 aromatic rings. The van der Waals surface area contributed by atoms with E-state index in [1.54, 1.807) is 13.1 Å². The molecule has 4 heteroatoms. The first-order valence-electron chi connectivity index (χ1n) is 5.06. The monoisotopic (exact) mass is 231 g/mol. The molecule has 0 aliphatic carbocycles. The van der Waals surface area contributed by atoms with Crippen molar-refractivity contribution in [2.75, 3.05) is 0 Å². The molecule has 0 aliphatic rings. The Balaban J connectivity index is 2.67. The number of benzene rings is 1. The van der Waals surface area contributed by atoms with Crippen LogP contribution in [0.2, 0.25) is 0 Å². The average molecular weight is 231 g/mol. The fourth-order valence-electron chi connectivity index (χ4n) is 1.62. The van der Waals surface area contributed by atoms with Gasteiger partial charge in [-0.05, 0) is 42.8 Å². The van der Waals surface area contributed by atoms with Crippen LogP contribution in [0.1, 0.15) is 15.9 Å². The van der Waals surface area contributed by atoms with Crippen LogP contribution in [0.15, 0.2) is 41.3 Å². The zero-order valence-corrected chi connectivity index (χ0v) is 9.18. The van der Waals surface area contributed by atoms with Gasteiger partial charge < -0.3 is 0 Å². The van der Waals surface area contributed by atoms with Gasteiger partial charge in [0.1, 0.15) is 5.82 Å². The number of carbonyl (C=O) groups excluding carboxylic acids is 1. The fraction of sp³-hybridized carbons (Fsp3) is 0.0769. The van der Waals surface area contributed by atoms with Gasteiger partial charge in [0.2, 0.25) is 0 Å². The molecule has 2 rings (SSSR count). The first-order chi connectivity index (χ1) is 8.11. The number of hydrogen-bond acceptors (Lipinski definition) is 2. The van der Waals surface area contributed by atoms with E-state index in [4.69, 9.17) is 0 Å². The Labute approximate surface area is 97.1 Å². The largest absolute Gasteiger partial charge is 0.298 e. The Morgan fingerprint density at radius 1 is 1.24 bits per heavy atom. The molecule has 0 aliphatic heterocycles. The predicted molar refractivity (Wildman–Crippen MR) is 62.1 cm³/mol. The molecule has 17 heavy (non-hydrogen) atoms. The minimum Gasteiger partial charge on any atom is -0.298 e. The lowest BCUT2D eigenvalue weighted by molar-refractivity contribution is 0.112. The molecule has 0 spiro atoms. The molecule has 1 heterocycles. The van der Waals surface area contributed by atoms with Crippen molar-refractivity contribution < 1.29 is 9.18 Å². The molecular formula is C13H10FNO2. The first-order valence-corrected chi connectivity index (χ1v) is 5.06. The topological polar surface area (TPSA) is 39.1 Å².